The van der Waals surface area contributed by atoms with Crippen molar-refractivity contribution < 1.29 is 9.59 Å². The molecule has 0 saturated carbocycles. The zero-order valence-corrected chi connectivity index (χ0v) is 21.9. The fourth-order valence-electron chi connectivity index (χ4n) is 4.49. The molecule has 11 heteroatoms. The summed E-state index contributed by atoms with van der Waals surface area (Å²) in [7, 11) is 0. The summed E-state index contributed by atoms with van der Waals surface area (Å²) in [6, 6.07) is 18.6. The topological polar surface area (TPSA) is 125 Å². The number of nitrogens with one attached hydrogen (secondary N) is 1. The molecule has 1 aliphatic carbocycles. The maximum absolute atomic E-state index is 13.2. The van der Waals surface area contributed by atoms with Crippen molar-refractivity contribution in [2.24, 2.45) is 5.73 Å². The molecule has 37 heavy (non-hydrogen) atoms. The van der Waals surface area contributed by atoms with Crippen molar-refractivity contribution in [3.8, 4) is 6.07 Å². The number of carbonyl (C=O) groups excluding carboxylic acids is 2. The van der Waals surface area contributed by atoms with Gasteiger partial charge in [-0.2, -0.15) is 5.26 Å². The van der Waals surface area contributed by atoms with E-state index in [0.717, 1.165) is 11.3 Å². The fourth-order valence-corrected chi connectivity index (χ4v) is 6.30. The smallest absolute Gasteiger partial charge is 0.234 e. The third kappa shape index (κ3) is 5.11. The van der Waals surface area contributed by atoms with Crippen molar-refractivity contribution in [1.82, 2.24) is 10.2 Å². The fraction of sp³-hybridized carbons (Fsp3) is 0.192. The van der Waals surface area contributed by atoms with Crippen LogP contribution >= 0.6 is 34.7 Å². The molecule has 2 aromatic carbocycles. The molecule has 1 amide bonds. The number of allylic oxidation sites excluding steroid dienone is 3. The first-order valence-corrected chi connectivity index (χ1v) is 13.7. The van der Waals surface area contributed by atoms with Gasteiger partial charge >= 0.3 is 0 Å². The molecule has 0 spiro atoms. The molecule has 1 atom stereocenters. The number of anilines is 2. The second kappa shape index (κ2) is 10.8. The lowest BCUT2D eigenvalue weighted by Crippen LogP contribution is -2.38. The van der Waals surface area contributed by atoms with Gasteiger partial charge in [-0.3, -0.25) is 14.5 Å². The Morgan fingerprint density at radius 2 is 1.95 bits per heavy atom. The van der Waals surface area contributed by atoms with E-state index in [2.05, 4.69) is 21.6 Å². The zero-order chi connectivity index (χ0) is 25.9. The van der Waals surface area contributed by atoms with E-state index < -0.39 is 5.92 Å². The second-order valence-corrected chi connectivity index (χ2v) is 11.0. The van der Waals surface area contributed by atoms with Crippen molar-refractivity contribution in [2.75, 3.05) is 16.0 Å². The molecule has 0 bridgehead atoms. The van der Waals surface area contributed by atoms with Gasteiger partial charge in [0.25, 0.3) is 0 Å². The number of hydrogen-bond acceptors (Lipinski definition) is 9. The maximum atomic E-state index is 13.2. The molecule has 0 fully saturated rings. The summed E-state index contributed by atoms with van der Waals surface area (Å²) in [6.07, 6.45) is 1.75. The average molecular weight is 549 g/mol. The maximum Gasteiger partial charge on any atom is 0.234 e. The van der Waals surface area contributed by atoms with Crippen LogP contribution in [0.5, 0.6) is 0 Å². The van der Waals surface area contributed by atoms with E-state index in [1.165, 1.54) is 23.1 Å². The minimum absolute atomic E-state index is 0.0123. The minimum atomic E-state index is -0.511. The summed E-state index contributed by atoms with van der Waals surface area (Å²) in [4.78, 5) is 27.2. The predicted molar refractivity (Wildman–Crippen MR) is 145 cm³/mol. The molecule has 3 N–H and O–H groups in total. The molecule has 1 unspecified atom stereocenters. The van der Waals surface area contributed by atoms with E-state index >= 15 is 0 Å². The summed E-state index contributed by atoms with van der Waals surface area (Å²) in [5, 5.41) is 22.5. The number of nitriles is 1. The van der Waals surface area contributed by atoms with Crippen LogP contribution in [0.25, 0.3) is 0 Å². The molecular weight excluding hydrogens is 528 g/mol. The van der Waals surface area contributed by atoms with Gasteiger partial charge in [0.2, 0.25) is 11.0 Å². The Kier molecular flexibility index (Phi) is 7.28. The lowest BCUT2D eigenvalue weighted by molar-refractivity contribution is -0.116. The highest BCUT2D eigenvalue weighted by molar-refractivity contribution is 8.01. The van der Waals surface area contributed by atoms with Crippen LogP contribution < -0.4 is 16.0 Å². The Bertz CT molecular complexity index is 1460. The number of nitrogens with two attached hydrogens (primary N) is 1. The first-order chi connectivity index (χ1) is 18.0. The van der Waals surface area contributed by atoms with Crippen LogP contribution in [0.15, 0.2) is 81.6 Å². The number of Topliss-reactive ketones (excluding diaryl/α,β-unsaturated/α-hetero) is 1. The number of hydrogen-bond donors (Lipinski definition) is 2. The third-order valence-corrected chi connectivity index (χ3v) is 8.38. The SMILES string of the molecule is N#CC1=C(N)N(c2nnc(SCC(=O)Nc3ccc(Cl)cc3)s2)C2=C(C(=O)CCC2)C1c1ccccc1. The number of amides is 1. The highest BCUT2D eigenvalue weighted by Crippen LogP contribution is 2.47. The van der Waals surface area contributed by atoms with Crippen LogP contribution in [0.3, 0.4) is 0 Å². The molecule has 0 radical (unpaired) electrons. The summed E-state index contributed by atoms with van der Waals surface area (Å²) >= 11 is 8.39. The van der Waals surface area contributed by atoms with Gasteiger partial charge in [-0.25, -0.2) is 0 Å². The third-order valence-electron chi connectivity index (χ3n) is 6.09. The van der Waals surface area contributed by atoms with E-state index in [4.69, 9.17) is 17.3 Å². The summed E-state index contributed by atoms with van der Waals surface area (Å²) in [6.45, 7) is 0. The Hall–Kier alpha value is -3.65. The first-order valence-electron chi connectivity index (χ1n) is 11.5. The van der Waals surface area contributed by atoms with Crippen LogP contribution in [-0.2, 0) is 9.59 Å². The number of thioether (sulfide) groups is 1. The van der Waals surface area contributed by atoms with E-state index in [0.29, 0.717) is 50.6 Å². The number of nitrogens with zero attached hydrogens (tertiary/aromatic N) is 4. The Morgan fingerprint density at radius 3 is 2.68 bits per heavy atom. The molecule has 0 saturated heterocycles. The molecule has 8 nitrogen and oxygen atoms in total. The zero-order valence-electron chi connectivity index (χ0n) is 19.5. The molecule has 2 heterocycles. The highest BCUT2D eigenvalue weighted by atomic mass is 35.5. The van der Waals surface area contributed by atoms with Crippen LogP contribution in [0.2, 0.25) is 5.02 Å². The van der Waals surface area contributed by atoms with E-state index in [-0.39, 0.29) is 23.3 Å². The monoisotopic (exact) mass is 548 g/mol. The van der Waals surface area contributed by atoms with Crippen LogP contribution in [0.4, 0.5) is 10.8 Å². The van der Waals surface area contributed by atoms with Crippen LogP contribution in [0.1, 0.15) is 30.7 Å². The summed E-state index contributed by atoms with van der Waals surface area (Å²) in [5.41, 5.74) is 9.74. The number of halogens is 1. The second-order valence-electron chi connectivity index (χ2n) is 8.42. The Balaban J connectivity index is 1.40. The van der Waals surface area contributed by atoms with Crippen molar-refractivity contribution in [3.05, 3.63) is 87.8 Å². The number of ketones is 1. The lowest BCUT2D eigenvalue weighted by Gasteiger charge is -2.38. The van der Waals surface area contributed by atoms with Crippen LogP contribution in [0, 0.1) is 11.3 Å². The van der Waals surface area contributed by atoms with Gasteiger partial charge in [0.1, 0.15) is 5.82 Å². The average Bonchev–Trinajstić information content (AvgIpc) is 3.37. The summed E-state index contributed by atoms with van der Waals surface area (Å²) in [5.74, 6) is -0.309. The first kappa shape index (κ1) is 25.0. The van der Waals surface area contributed by atoms with Crippen molar-refractivity contribution in [1.29, 1.82) is 5.26 Å². The van der Waals surface area contributed by atoms with E-state index in [9.17, 15) is 14.9 Å². The van der Waals surface area contributed by atoms with Gasteiger partial charge < -0.3 is 11.1 Å². The molecule has 186 valence electrons. The van der Waals surface area contributed by atoms with Crippen molar-refractivity contribution in [2.45, 2.75) is 29.5 Å². The van der Waals surface area contributed by atoms with Gasteiger partial charge in [-0.05, 0) is 42.7 Å². The van der Waals surface area contributed by atoms with E-state index in [1.54, 1.807) is 29.2 Å². The predicted octanol–water partition coefficient (Wildman–Crippen LogP) is 5.23. The van der Waals surface area contributed by atoms with Crippen molar-refractivity contribution >= 4 is 57.2 Å². The highest BCUT2D eigenvalue weighted by Gasteiger charge is 2.41. The standard InChI is InChI=1S/C26H21ClN6O2S2/c27-16-9-11-17(12-10-16)30-21(35)14-36-26-32-31-25(37-26)33-19-7-4-8-20(34)23(19)22(18(13-28)24(33)29)15-5-2-1-3-6-15/h1-3,5-6,9-12,22H,4,7-8,14,29H2,(H,30,35). The molecule has 1 aliphatic heterocycles. The number of rotatable bonds is 6. The quantitative estimate of drug-likeness (QED) is 0.401. The van der Waals surface area contributed by atoms with Crippen LogP contribution in [-0.4, -0.2) is 27.6 Å². The van der Waals surface area contributed by atoms with Gasteiger partial charge in [0, 0.05) is 28.4 Å². The minimum Gasteiger partial charge on any atom is -0.384 e. The normalized spacial score (nSPS) is 17.5. The number of aromatic nitrogens is 2. The van der Waals surface area contributed by atoms with Gasteiger partial charge in [-0.1, -0.05) is 65.0 Å². The molecule has 5 rings (SSSR count). The Labute approximate surface area is 226 Å². The van der Waals surface area contributed by atoms with Gasteiger partial charge in [0.15, 0.2) is 10.1 Å². The molecule has 2 aliphatic rings. The number of carbonyl (C=O) groups is 2. The lowest BCUT2D eigenvalue weighted by atomic mass is 9.76. The molecular formula is C26H21ClN6O2S2. The largest absolute Gasteiger partial charge is 0.384 e. The van der Waals surface area contributed by atoms with Gasteiger partial charge in [0.05, 0.1) is 23.3 Å². The molecule has 1 aromatic heterocycles. The van der Waals surface area contributed by atoms with Crippen molar-refractivity contribution in [3.63, 3.8) is 0 Å². The molecule has 3 aromatic rings. The van der Waals surface area contributed by atoms with Gasteiger partial charge in [-0.15, -0.1) is 10.2 Å². The number of benzene rings is 2. The summed E-state index contributed by atoms with van der Waals surface area (Å²) < 4.78 is 0.571. The van der Waals surface area contributed by atoms with E-state index in [1.807, 2.05) is 30.3 Å². The Morgan fingerprint density at radius 1 is 1.19 bits per heavy atom.